The van der Waals surface area contributed by atoms with Gasteiger partial charge in [0, 0.05) is 10.6 Å². The number of rotatable bonds is 4. The molecule has 0 aliphatic rings. The molecule has 17 heavy (non-hydrogen) atoms. The molecule has 2 aromatic rings. The van der Waals surface area contributed by atoms with Gasteiger partial charge in [0.1, 0.15) is 0 Å². The van der Waals surface area contributed by atoms with Gasteiger partial charge in [-0.2, -0.15) is 0 Å². The molecule has 1 heteroatoms. The second-order valence-corrected chi connectivity index (χ2v) is 5.19. The van der Waals surface area contributed by atoms with Gasteiger partial charge in [-0.05, 0) is 36.1 Å². The van der Waals surface area contributed by atoms with Crippen LogP contribution in [0.3, 0.4) is 0 Å². The largest absolute Gasteiger partial charge is 0.121 e. The van der Waals surface area contributed by atoms with Crippen LogP contribution in [0.15, 0.2) is 53.4 Å². The van der Waals surface area contributed by atoms with Gasteiger partial charge in [0.15, 0.2) is 0 Å². The highest BCUT2D eigenvalue weighted by Gasteiger charge is 2.02. The summed E-state index contributed by atoms with van der Waals surface area (Å²) in [4.78, 5) is 1.42. The summed E-state index contributed by atoms with van der Waals surface area (Å²) in [6.07, 6.45) is 1.11. The van der Waals surface area contributed by atoms with Gasteiger partial charge in [-0.15, -0.1) is 11.8 Å². The Balaban J connectivity index is 2.10. The van der Waals surface area contributed by atoms with Crippen molar-refractivity contribution in [3.05, 3.63) is 65.2 Å². The maximum absolute atomic E-state index is 2.22. The highest BCUT2D eigenvalue weighted by atomic mass is 32.2. The molecule has 0 bridgehead atoms. The lowest BCUT2D eigenvalue weighted by Gasteiger charge is -2.08. The van der Waals surface area contributed by atoms with Crippen molar-refractivity contribution in [3.8, 4) is 0 Å². The lowest BCUT2D eigenvalue weighted by Crippen LogP contribution is -1.88. The zero-order chi connectivity index (χ0) is 12.1. The topological polar surface area (TPSA) is 0 Å². The van der Waals surface area contributed by atoms with Gasteiger partial charge in [-0.25, -0.2) is 0 Å². The average Bonchev–Trinajstić information content (AvgIpc) is 2.38. The zero-order valence-electron chi connectivity index (χ0n) is 10.4. The van der Waals surface area contributed by atoms with E-state index < -0.39 is 0 Å². The highest BCUT2D eigenvalue weighted by molar-refractivity contribution is 7.98. The summed E-state index contributed by atoms with van der Waals surface area (Å²) in [5, 5.41) is 0. The summed E-state index contributed by atoms with van der Waals surface area (Å²) in [5.74, 6) is 1.06. The van der Waals surface area contributed by atoms with Crippen LogP contribution in [-0.2, 0) is 12.2 Å². The first kappa shape index (κ1) is 12.3. The summed E-state index contributed by atoms with van der Waals surface area (Å²) < 4.78 is 0. The summed E-state index contributed by atoms with van der Waals surface area (Å²) in [7, 11) is 0. The summed E-state index contributed by atoms with van der Waals surface area (Å²) in [5.41, 5.74) is 4.27. The van der Waals surface area contributed by atoms with Crippen LogP contribution in [0.25, 0.3) is 0 Å². The predicted octanol–water partition coefficient (Wildman–Crippen LogP) is 4.85. The Bertz CT molecular complexity index is 488. The minimum absolute atomic E-state index is 1.06. The third-order valence-corrected chi connectivity index (χ3v) is 4.16. The van der Waals surface area contributed by atoms with Gasteiger partial charge in [0.2, 0.25) is 0 Å². The van der Waals surface area contributed by atoms with Gasteiger partial charge in [0.25, 0.3) is 0 Å². The van der Waals surface area contributed by atoms with Crippen molar-refractivity contribution in [3.63, 3.8) is 0 Å². The Labute approximate surface area is 108 Å². The first-order valence-corrected chi connectivity index (χ1v) is 7.05. The van der Waals surface area contributed by atoms with Crippen LogP contribution < -0.4 is 0 Å². The second kappa shape index (κ2) is 5.92. The van der Waals surface area contributed by atoms with Crippen LogP contribution in [0.1, 0.15) is 23.6 Å². The molecule has 0 fully saturated rings. The normalized spacial score (nSPS) is 10.5. The molecule has 0 aromatic heterocycles. The van der Waals surface area contributed by atoms with Crippen LogP contribution >= 0.6 is 11.8 Å². The minimum atomic E-state index is 1.06. The molecule has 88 valence electrons. The van der Waals surface area contributed by atoms with E-state index in [0.29, 0.717) is 0 Å². The summed E-state index contributed by atoms with van der Waals surface area (Å²) in [6.45, 7) is 4.40. The Morgan fingerprint density at radius 1 is 0.882 bits per heavy atom. The minimum Gasteiger partial charge on any atom is -0.121 e. The third-order valence-electron chi connectivity index (χ3n) is 3.00. The fraction of sp³-hybridized carbons (Fsp3) is 0.250. The summed E-state index contributed by atoms with van der Waals surface area (Å²) >= 11 is 1.94. The van der Waals surface area contributed by atoms with Gasteiger partial charge in [-0.1, -0.05) is 49.4 Å². The standard InChI is InChI=1S/C16H18S/c1-3-14-9-6-7-11-16(14)17-12-15-10-5-4-8-13(15)2/h4-11H,3,12H2,1-2H3. The molecule has 2 aromatic carbocycles. The van der Waals surface area contributed by atoms with E-state index in [1.54, 1.807) is 0 Å². The number of benzene rings is 2. The number of aryl methyl sites for hydroxylation is 2. The van der Waals surface area contributed by atoms with Gasteiger partial charge < -0.3 is 0 Å². The van der Waals surface area contributed by atoms with Crippen LogP contribution in [0.2, 0.25) is 0 Å². The van der Waals surface area contributed by atoms with E-state index in [9.17, 15) is 0 Å². The van der Waals surface area contributed by atoms with E-state index in [0.717, 1.165) is 12.2 Å². The Kier molecular flexibility index (Phi) is 4.27. The van der Waals surface area contributed by atoms with Crippen LogP contribution in [0.5, 0.6) is 0 Å². The molecule has 0 nitrogen and oxygen atoms in total. The number of hydrogen-bond acceptors (Lipinski definition) is 1. The van der Waals surface area contributed by atoms with Crippen molar-refractivity contribution in [2.24, 2.45) is 0 Å². The van der Waals surface area contributed by atoms with E-state index >= 15 is 0 Å². The van der Waals surface area contributed by atoms with E-state index in [1.807, 2.05) is 11.8 Å². The van der Waals surface area contributed by atoms with Crippen LogP contribution in [0, 0.1) is 6.92 Å². The molecular weight excluding hydrogens is 224 g/mol. The Morgan fingerprint density at radius 2 is 1.53 bits per heavy atom. The zero-order valence-corrected chi connectivity index (χ0v) is 11.3. The summed E-state index contributed by atoms with van der Waals surface area (Å²) in [6, 6.07) is 17.3. The molecule has 0 saturated heterocycles. The fourth-order valence-corrected chi connectivity index (χ4v) is 3.07. The molecule has 0 heterocycles. The van der Waals surface area contributed by atoms with E-state index in [4.69, 9.17) is 0 Å². The van der Waals surface area contributed by atoms with Crippen molar-refractivity contribution in [2.75, 3.05) is 0 Å². The SMILES string of the molecule is CCc1ccccc1SCc1ccccc1C. The predicted molar refractivity (Wildman–Crippen MR) is 76.6 cm³/mol. The second-order valence-electron chi connectivity index (χ2n) is 4.18. The van der Waals surface area contributed by atoms with E-state index in [-0.39, 0.29) is 0 Å². The molecule has 0 radical (unpaired) electrons. The lowest BCUT2D eigenvalue weighted by atomic mass is 10.1. The van der Waals surface area contributed by atoms with E-state index in [2.05, 4.69) is 62.4 Å². The maximum Gasteiger partial charge on any atom is 0.0234 e. The molecule has 0 saturated carbocycles. The van der Waals surface area contributed by atoms with Gasteiger partial charge in [0.05, 0.1) is 0 Å². The molecule has 0 aliphatic carbocycles. The Hall–Kier alpha value is -1.21. The van der Waals surface area contributed by atoms with Crippen LogP contribution in [-0.4, -0.2) is 0 Å². The molecule has 2 rings (SSSR count). The first-order chi connectivity index (χ1) is 8.31. The average molecular weight is 242 g/mol. The smallest absolute Gasteiger partial charge is 0.0234 e. The molecule has 0 amide bonds. The molecule has 0 aliphatic heterocycles. The molecule has 0 spiro atoms. The van der Waals surface area contributed by atoms with Crippen molar-refractivity contribution >= 4 is 11.8 Å². The van der Waals surface area contributed by atoms with Gasteiger partial charge in [-0.3, -0.25) is 0 Å². The van der Waals surface area contributed by atoms with Crippen molar-refractivity contribution in [2.45, 2.75) is 30.9 Å². The highest BCUT2D eigenvalue weighted by Crippen LogP contribution is 2.27. The van der Waals surface area contributed by atoms with Crippen LogP contribution in [0.4, 0.5) is 0 Å². The fourth-order valence-electron chi connectivity index (χ4n) is 1.86. The number of thioether (sulfide) groups is 1. The molecule has 0 atom stereocenters. The molecule has 0 unspecified atom stereocenters. The lowest BCUT2D eigenvalue weighted by molar-refractivity contribution is 1.08. The quantitative estimate of drug-likeness (QED) is 0.691. The first-order valence-electron chi connectivity index (χ1n) is 6.06. The third kappa shape index (κ3) is 3.13. The molecule has 0 N–H and O–H groups in total. The monoisotopic (exact) mass is 242 g/mol. The number of hydrogen-bond donors (Lipinski definition) is 0. The van der Waals surface area contributed by atoms with Crippen molar-refractivity contribution < 1.29 is 0 Å². The van der Waals surface area contributed by atoms with Crippen molar-refractivity contribution in [1.29, 1.82) is 0 Å². The Morgan fingerprint density at radius 3 is 2.24 bits per heavy atom. The van der Waals surface area contributed by atoms with Gasteiger partial charge >= 0.3 is 0 Å². The molecular formula is C16H18S. The van der Waals surface area contributed by atoms with Crippen molar-refractivity contribution in [1.82, 2.24) is 0 Å². The maximum atomic E-state index is 2.22. The van der Waals surface area contributed by atoms with E-state index in [1.165, 1.54) is 21.6 Å².